The predicted octanol–water partition coefficient (Wildman–Crippen LogP) is 0.261. The van der Waals surface area contributed by atoms with E-state index in [-0.39, 0.29) is 19.1 Å². The molecule has 5 nitrogen and oxygen atoms in total. The van der Waals surface area contributed by atoms with Crippen molar-refractivity contribution in [1.82, 2.24) is 9.88 Å². The van der Waals surface area contributed by atoms with Gasteiger partial charge in [0.1, 0.15) is 0 Å². The van der Waals surface area contributed by atoms with Gasteiger partial charge in [0.2, 0.25) is 0 Å². The highest BCUT2D eigenvalue weighted by molar-refractivity contribution is 6.07. The van der Waals surface area contributed by atoms with Crippen LogP contribution in [0.4, 0.5) is 0 Å². The standard InChI is InChI=1S/C13H16N2O3/c1-15-6-11(10-4-2-3-5-12(10)15)13(18)14-9(7-16)8-17/h2-6,9,16-17H,7-8H2,1H3,(H,14,18). The van der Waals surface area contributed by atoms with Gasteiger partial charge in [-0.1, -0.05) is 18.2 Å². The third-order valence-corrected chi connectivity index (χ3v) is 2.92. The molecule has 96 valence electrons. The number of carbonyl (C=O) groups is 1. The van der Waals surface area contributed by atoms with E-state index in [0.29, 0.717) is 5.56 Å². The van der Waals surface area contributed by atoms with E-state index in [1.807, 2.05) is 35.9 Å². The molecule has 0 unspecified atom stereocenters. The largest absolute Gasteiger partial charge is 0.394 e. The van der Waals surface area contributed by atoms with Crippen LogP contribution in [0.3, 0.4) is 0 Å². The molecule has 0 aliphatic carbocycles. The highest BCUT2D eigenvalue weighted by Gasteiger charge is 2.16. The van der Waals surface area contributed by atoms with Gasteiger partial charge in [0, 0.05) is 24.1 Å². The van der Waals surface area contributed by atoms with Gasteiger partial charge in [-0.2, -0.15) is 0 Å². The zero-order valence-corrected chi connectivity index (χ0v) is 10.1. The SMILES string of the molecule is Cn1cc(C(=O)NC(CO)CO)c2ccccc21. The number of nitrogens with zero attached hydrogens (tertiary/aromatic N) is 1. The number of hydrogen-bond donors (Lipinski definition) is 3. The summed E-state index contributed by atoms with van der Waals surface area (Å²) < 4.78 is 1.87. The van der Waals surface area contributed by atoms with Gasteiger partial charge in [-0.3, -0.25) is 4.79 Å². The molecule has 0 aliphatic rings. The molecule has 2 aromatic rings. The molecule has 18 heavy (non-hydrogen) atoms. The Kier molecular flexibility index (Phi) is 3.64. The smallest absolute Gasteiger partial charge is 0.253 e. The van der Waals surface area contributed by atoms with Gasteiger partial charge in [0.05, 0.1) is 24.8 Å². The van der Waals surface area contributed by atoms with Crippen molar-refractivity contribution < 1.29 is 15.0 Å². The molecule has 1 aromatic carbocycles. The molecule has 0 atom stereocenters. The summed E-state index contributed by atoms with van der Waals surface area (Å²) in [6.07, 6.45) is 1.74. The molecule has 0 radical (unpaired) electrons. The fourth-order valence-electron chi connectivity index (χ4n) is 1.93. The zero-order chi connectivity index (χ0) is 13.1. The molecule has 5 heteroatoms. The van der Waals surface area contributed by atoms with Crippen molar-refractivity contribution in [3.63, 3.8) is 0 Å². The minimum Gasteiger partial charge on any atom is -0.394 e. The number of rotatable bonds is 4. The summed E-state index contributed by atoms with van der Waals surface area (Å²) in [6, 6.07) is 6.96. The molecule has 2 rings (SSSR count). The maximum atomic E-state index is 12.1. The number of aliphatic hydroxyl groups is 2. The molecule has 0 aliphatic heterocycles. The molecule has 1 aromatic heterocycles. The van der Waals surface area contributed by atoms with Gasteiger partial charge in [-0.05, 0) is 6.07 Å². The Labute approximate surface area is 105 Å². The van der Waals surface area contributed by atoms with Crippen LogP contribution in [0.15, 0.2) is 30.5 Å². The molecule has 0 fully saturated rings. The number of carbonyl (C=O) groups excluding carboxylic acids is 1. The average molecular weight is 248 g/mol. The van der Waals surface area contributed by atoms with Crippen LogP contribution in [-0.2, 0) is 7.05 Å². The lowest BCUT2D eigenvalue weighted by atomic mass is 10.1. The molecule has 3 N–H and O–H groups in total. The minimum absolute atomic E-state index is 0.285. The number of aliphatic hydroxyl groups excluding tert-OH is 2. The highest BCUT2D eigenvalue weighted by Crippen LogP contribution is 2.20. The number of aromatic nitrogens is 1. The molecule has 0 saturated heterocycles. The summed E-state index contributed by atoms with van der Waals surface area (Å²) >= 11 is 0. The van der Waals surface area contributed by atoms with Gasteiger partial charge in [0.15, 0.2) is 0 Å². The third kappa shape index (κ3) is 2.23. The first-order valence-corrected chi connectivity index (χ1v) is 5.74. The second kappa shape index (κ2) is 5.20. The summed E-state index contributed by atoms with van der Waals surface area (Å²) in [5.74, 6) is -0.292. The third-order valence-electron chi connectivity index (χ3n) is 2.92. The molecule has 0 saturated carbocycles. The van der Waals surface area contributed by atoms with E-state index in [0.717, 1.165) is 10.9 Å². The Morgan fingerprint density at radius 2 is 2.00 bits per heavy atom. The lowest BCUT2D eigenvalue weighted by Crippen LogP contribution is -2.40. The summed E-state index contributed by atoms with van der Waals surface area (Å²) in [5.41, 5.74) is 1.51. The second-order valence-electron chi connectivity index (χ2n) is 4.21. The molecule has 0 bridgehead atoms. The molecule has 1 amide bonds. The van der Waals surface area contributed by atoms with E-state index in [9.17, 15) is 4.79 Å². The zero-order valence-electron chi connectivity index (χ0n) is 10.1. The van der Waals surface area contributed by atoms with E-state index in [1.54, 1.807) is 6.20 Å². The van der Waals surface area contributed by atoms with Gasteiger partial charge >= 0.3 is 0 Å². The first kappa shape index (κ1) is 12.6. The van der Waals surface area contributed by atoms with Crippen LogP contribution in [0.25, 0.3) is 10.9 Å². The van der Waals surface area contributed by atoms with Crippen molar-refractivity contribution in [3.8, 4) is 0 Å². The van der Waals surface area contributed by atoms with E-state index in [1.165, 1.54) is 0 Å². The monoisotopic (exact) mass is 248 g/mol. The van der Waals surface area contributed by atoms with Crippen LogP contribution in [0, 0.1) is 0 Å². The van der Waals surface area contributed by atoms with Crippen molar-refractivity contribution in [3.05, 3.63) is 36.0 Å². The maximum absolute atomic E-state index is 12.1. The number of amides is 1. The van der Waals surface area contributed by atoms with Gasteiger partial charge in [-0.15, -0.1) is 0 Å². The quantitative estimate of drug-likeness (QED) is 0.726. The van der Waals surface area contributed by atoms with E-state index >= 15 is 0 Å². The van der Waals surface area contributed by atoms with E-state index in [2.05, 4.69) is 5.32 Å². The molecule has 1 heterocycles. The lowest BCUT2D eigenvalue weighted by Gasteiger charge is -2.12. The fourth-order valence-corrected chi connectivity index (χ4v) is 1.93. The summed E-state index contributed by atoms with van der Waals surface area (Å²) in [5, 5.41) is 21.4. The van der Waals surface area contributed by atoms with Crippen molar-refractivity contribution in [2.45, 2.75) is 6.04 Å². The first-order valence-electron chi connectivity index (χ1n) is 5.74. The average Bonchev–Trinajstić information content (AvgIpc) is 2.74. The van der Waals surface area contributed by atoms with Crippen molar-refractivity contribution in [2.24, 2.45) is 7.05 Å². The van der Waals surface area contributed by atoms with Crippen molar-refractivity contribution >= 4 is 16.8 Å². The number of aryl methyl sites for hydroxylation is 1. The number of fused-ring (bicyclic) bond motifs is 1. The molecule has 0 spiro atoms. The van der Waals surface area contributed by atoms with Crippen LogP contribution < -0.4 is 5.32 Å². The van der Waals surface area contributed by atoms with Crippen LogP contribution in [0.5, 0.6) is 0 Å². The molecular formula is C13H16N2O3. The van der Waals surface area contributed by atoms with Crippen molar-refractivity contribution in [1.29, 1.82) is 0 Å². The Hall–Kier alpha value is -1.85. The summed E-state index contributed by atoms with van der Waals surface area (Å²) in [6.45, 7) is -0.569. The summed E-state index contributed by atoms with van der Waals surface area (Å²) in [4.78, 5) is 12.1. The topological polar surface area (TPSA) is 74.5 Å². The Bertz CT molecular complexity index is 558. The lowest BCUT2D eigenvalue weighted by molar-refractivity contribution is 0.0881. The van der Waals surface area contributed by atoms with E-state index in [4.69, 9.17) is 10.2 Å². The number of nitrogens with one attached hydrogen (secondary N) is 1. The Balaban J connectivity index is 2.33. The normalized spacial score (nSPS) is 11.1. The predicted molar refractivity (Wildman–Crippen MR) is 68.3 cm³/mol. The molecular weight excluding hydrogens is 232 g/mol. The van der Waals surface area contributed by atoms with Crippen molar-refractivity contribution in [2.75, 3.05) is 13.2 Å². The van der Waals surface area contributed by atoms with Gasteiger partial charge in [0.25, 0.3) is 5.91 Å². The summed E-state index contributed by atoms with van der Waals surface area (Å²) in [7, 11) is 1.87. The number of benzene rings is 1. The van der Waals surface area contributed by atoms with Crippen LogP contribution >= 0.6 is 0 Å². The fraction of sp³-hybridized carbons (Fsp3) is 0.308. The van der Waals surface area contributed by atoms with Gasteiger partial charge < -0.3 is 20.1 Å². The number of para-hydroxylation sites is 1. The maximum Gasteiger partial charge on any atom is 0.253 e. The van der Waals surface area contributed by atoms with Gasteiger partial charge in [-0.25, -0.2) is 0 Å². The number of hydrogen-bond acceptors (Lipinski definition) is 3. The van der Waals surface area contributed by atoms with E-state index < -0.39 is 6.04 Å². The minimum atomic E-state index is -0.628. The Morgan fingerprint density at radius 3 is 2.67 bits per heavy atom. The van der Waals surface area contributed by atoms with Crippen LogP contribution in [-0.4, -0.2) is 39.9 Å². The second-order valence-corrected chi connectivity index (χ2v) is 4.21. The first-order chi connectivity index (χ1) is 8.67. The van der Waals surface area contributed by atoms with Crippen LogP contribution in [0.1, 0.15) is 10.4 Å². The Morgan fingerprint density at radius 1 is 1.33 bits per heavy atom. The van der Waals surface area contributed by atoms with Crippen LogP contribution in [0.2, 0.25) is 0 Å². The highest BCUT2D eigenvalue weighted by atomic mass is 16.3.